The second-order valence-electron chi connectivity index (χ2n) is 5.92. The predicted molar refractivity (Wildman–Crippen MR) is 77.9 cm³/mol. The minimum absolute atomic E-state index is 0.243. The van der Waals surface area contributed by atoms with E-state index in [1.54, 1.807) is 6.07 Å². The van der Waals surface area contributed by atoms with Crippen molar-refractivity contribution in [2.24, 2.45) is 5.92 Å². The first-order valence-electron chi connectivity index (χ1n) is 6.88. The van der Waals surface area contributed by atoms with Gasteiger partial charge in [0.15, 0.2) is 0 Å². The van der Waals surface area contributed by atoms with Crippen LogP contribution in [0.5, 0.6) is 5.75 Å². The Kier molecular flexibility index (Phi) is 5.21. The molecule has 0 fully saturated rings. The van der Waals surface area contributed by atoms with Crippen molar-refractivity contribution in [3.8, 4) is 5.75 Å². The third-order valence-electron chi connectivity index (χ3n) is 3.37. The van der Waals surface area contributed by atoms with Crippen molar-refractivity contribution in [3.05, 3.63) is 29.3 Å². The van der Waals surface area contributed by atoms with Gasteiger partial charge >= 0.3 is 0 Å². The number of aromatic hydroxyl groups is 1. The van der Waals surface area contributed by atoms with Crippen LogP contribution in [0.3, 0.4) is 0 Å². The monoisotopic (exact) mass is 249 g/mol. The number of phenolic OH excluding ortho intramolecular Hbond substituents is 1. The number of aryl methyl sites for hydroxylation is 1. The molecule has 0 saturated carbocycles. The van der Waals surface area contributed by atoms with E-state index in [9.17, 15) is 5.11 Å². The summed E-state index contributed by atoms with van der Waals surface area (Å²) in [4.78, 5) is 2.44. The summed E-state index contributed by atoms with van der Waals surface area (Å²) >= 11 is 0. The van der Waals surface area contributed by atoms with Crippen molar-refractivity contribution in [3.63, 3.8) is 0 Å². The molecule has 0 amide bonds. The third-order valence-corrected chi connectivity index (χ3v) is 3.37. The van der Waals surface area contributed by atoms with E-state index in [4.69, 9.17) is 0 Å². The van der Waals surface area contributed by atoms with Gasteiger partial charge in [0.1, 0.15) is 5.75 Å². The van der Waals surface area contributed by atoms with E-state index in [1.807, 2.05) is 6.07 Å². The van der Waals surface area contributed by atoms with Crippen LogP contribution in [0.25, 0.3) is 0 Å². The Morgan fingerprint density at radius 1 is 1.11 bits per heavy atom. The SMILES string of the molecule is Cc1ccc(O)c(C(C)N(CC(C)C)C(C)C)c1. The number of hydrogen-bond donors (Lipinski definition) is 1. The van der Waals surface area contributed by atoms with E-state index in [0.717, 1.165) is 12.1 Å². The maximum atomic E-state index is 10.0. The molecule has 0 saturated heterocycles. The van der Waals surface area contributed by atoms with Gasteiger partial charge in [0.2, 0.25) is 0 Å². The summed E-state index contributed by atoms with van der Waals surface area (Å²) in [6.45, 7) is 14.2. The first-order chi connectivity index (χ1) is 8.32. The second kappa shape index (κ2) is 6.24. The van der Waals surface area contributed by atoms with Crippen LogP contribution in [-0.4, -0.2) is 22.6 Å². The van der Waals surface area contributed by atoms with Crippen molar-refractivity contribution in [2.75, 3.05) is 6.54 Å². The van der Waals surface area contributed by atoms with E-state index in [0.29, 0.717) is 17.7 Å². The lowest BCUT2D eigenvalue weighted by atomic mass is 10.0. The molecule has 102 valence electrons. The van der Waals surface area contributed by atoms with E-state index < -0.39 is 0 Å². The highest BCUT2D eigenvalue weighted by atomic mass is 16.3. The third kappa shape index (κ3) is 3.74. The highest BCUT2D eigenvalue weighted by Crippen LogP contribution is 2.30. The summed E-state index contributed by atoms with van der Waals surface area (Å²) in [6.07, 6.45) is 0. The summed E-state index contributed by atoms with van der Waals surface area (Å²) in [5, 5.41) is 10.0. The Morgan fingerprint density at radius 2 is 1.72 bits per heavy atom. The lowest BCUT2D eigenvalue weighted by Crippen LogP contribution is -2.36. The fraction of sp³-hybridized carbons (Fsp3) is 0.625. The first kappa shape index (κ1) is 15.0. The molecule has 0 aliphatic rings. The van der Waals surface area contributed by atoms with Crippen LogP contribution in [0.15, 0.2) is 18.2 Å². The van der Waals surface area contributed by atoms with Crippen LogP contribution < -0.4 is 0 Å². The molecule has 2 heteroatoms. The van der Waals surface area contributed by atoms with Crippen molar-refractivity contribution in [1.82, 2.24) is 4.90 Å². The first-order valence-corrected chi connectivity index (χ1v) is 6.88. The van der Waals surface area contributed by atoms with Crippen molar-refractivity contribution in [2.45, 2.75) is 53.6 Å². The molecule has 2 nitrogen and oxygen atoms in total. The maximum absolute atomic E-state index is 10.0. The predicted octanol–water partition coefficient (Wildman–Crippen LogP) is 4.13. The summed E-state index contributed by atoms with van der Waals surface area (Å²) in [7, 11) is 0. The van der Waals surface area contributed by atoms with Crippen LogP contribution in [0, 0.1) is 12.8 Å². The minimum atomic E-state index is 0.243. The average Bonchev–Trinajstić information content (AvgIpc) is 2.27. The zero-order valence-electron chi connectivity index (χ0n) is 12.6. The number of nitrogens with zero attached hydrogens (tertiary/aromatic N) is 1. The Morgan fingerprint density at radius 3 is 2.22 bits per heavy atom. The van der Waals surface area contributed by atoms with Crippen molar-refractivity contribution >= 4 is 0 Å². The molecular weight excluding hydrogens is 222 g/mol. The molecule has 0 bridgehead atoms. The van der Waals surface area contributed by atoms with Gasteiger partial charge in [-0.2, -0.15) is 0 Å². The van der Waals surface area contributed by atoms with Gasteiger partial charge in [-0.3, -0.25) is 4.90 Å². The molecule has 0 aliphatic heterocycles. The van der Waals surface area contributed by atoms with Gasteiger partial charge in [-0.25, -0.2) is 0 Å². The lowest BCUT2D eigenvalue weighted by Gasteiger charge is -2.34. The quantitative estimate of drug-likeness (QED) is 0.848. The van der Waals surface area contributed by atoms with Crippen LogP contribution in [0.2, 0.25) is 0 Å². The Bertz CT molecular complexity index is 385. The minimum Gasteiger partial charge on any atom is -0.508 e. The zero-order chi connectivity index (χ0) is 13.9. The molecule has 0 heterocycles. The summed E-state index contributed by atoms with van der Waals surface area (Å²) in [5.41, 5.74) is 2.23. The van der Waals surface area contributed by atoms with E-state index in [2.05, 4.69) is 52.5 Å². The molecule has 1 atom stereocenters. The summed E-state index contributed by atoms with van der Waals surface area (Å²) in [6, 6.07) is 6.56. The highest BCUT2D eigenvalue weighted by Gasteiger charge is 2.21. The van der Waals surface area contributed by atoms with Crippen LogP contribution >= 0.6 is 0 Å². The molecular formula is C16H27NO. The van der Waals surface area contributed by atoms with Gasteiger partial charge in [-0.15, -0.1) is 0 Å². The average molecular weight is 249 g/mol. The summed E-state index contributed by atoms with van der Waals surface area (Å²) in [5.74, 6) is 1.03. The molecule has 1 unspecified atom stereocenters. The Hall–Kier alpha value is -1.02. The van der Waals surface area contributed by atoms with Gasteiger partial charge < -0.3 is 5.11 Å². The number of rotatable bonds is 5. The maximum Gasteiger partial charge on any atom is 0.120 e. The van der Waals surface area contributed by atoms with Crippen molar-refractivity contribution < 1.29 is 5.11 Å². The van der Waals surface area contributed by atoms with Gasteiger partial charge in [-0.1, -0.05) is 31.5 Å². The van der Waals surface area contributed by atoms with Gasteiger partial charge in [0, 0.05) is 24.2 Å². The Labute approximate surface area is 112 Å². The molecule has 18 heavy (non-hydrogen) atoms. The Balaban J connectivity index is 3.01. The normalized spacial score (nSPS) is 13.6. The largest absolute Gasteiger partial charge is 0.508 e. The smallest absolute Gasteiger partial charge is 0.120 e. The molecule has 1 aromatic carbocycles. The fourth-order valence-electron chi connectivity index (χ4n) is 2.42. The van der Waals surface area contributed by atoms with E-state index in [1.165, 1.54) is 5.56 Å². The van der Waals surface area contributed by atoms with Gasteiger partial charge in [-0.05, 0) is 39.7 Å². The summed E-state index contributed by atoms with van der Waals surface area (Å²) < 4.78 is 0. The molecule has 0 radical (unpaired) electrons. The van der Waals surface area contributed by atoms with E-state index in [-0.39, 0.29) is 6.04 Å². The molecule has 0 spiro atoms. The molecule has 1 rings (SSSR count). The highest BCUT2D eigenvalue weighted by molar-refractivity contribution is 5.37. The number of phenols is 1. The lowest BCUT2D eigenvalue weighted by molar-refractivity contribution is 0.143. The van der Waals surface area contributed by atoms with Crippen LogP contribution in [0.4, 0.5) is 0 Å². The van der Waals surface area contributed by atoms with Gasteiger partial charge in [0.05, 0.1) is 0 Å². The van der Waals surface area contributed by atoms with Crippen molar-refractivity contribution in [1.29, 1.82) is 0 Å². The van der Waals surface area contributed by atoms with Crippen LogP contribution in [0.1, 0.15) is 51.8 Å². The molecule has 0 aromatic heterocycles. The fourth-order valence-corrected chi connectivity index (χ4v) is 2.42. The second-order valence-corrected chi connectivity index (χ2v) is 5.92. The molecule has 0 aliphatic carbocycles. The zero-order valence-corrected chi connectivity index (χ0v) is 12.6. The van der Waals surface area contributed by atoms with Gasteiger partial charge in [0.25, 0.3) is 0 Å². The topological polar surface area (TPSA) is 23.5 Å². The number of benzene rings is 1. The number of hydrogen-bond acceptors (Lipinski definition) is 2. The van der Waals surface area contributed by atoms with Crippen LogP contribution in [-0.2, 0) is 0 Å². The van der Waals surface area contributed by atoms with E-state index >= 15 is 0 Å². The molecule has 1 N–H and O–H groups in total. The standard InChI is InChI=1S/C16H27NO/c1-11(2)10-17(12(3)4)14(6)15-9-13(5)7-8-16(15)18/h7-9,11-12,14,18H,10H2,1-6H3. The molecule has 1 aromatic rings.